The summed E-state index contributed by atoms with van der Waals surface area (Å²) in [5.41, 5.74) is 0.494. The number of hydrogen-bond acceptors (Lipinski definition) is 3. The van der Waals surface area contributed by atoms with Gasteiger partial charge in [0, 0.05) is 17.3 Å². The van der Waals surface area contributed by atoms with Crippen LogP contribution in [0.2, 0.25) is 0 Å². The molecule has 0 aliphatic heterocycles. The van der Waals surface area contributed by atoms with Gasteiger partial charge in [-0.2, -0.15) is 13.2 Å². The van der Waals surface area contributed by atoms with Crippen LogP contribution in [0.1, 0.15) is 11.3 Å². The Hall–Kier alpha value is -1.56. The Morgan fingerprint density at radius 2 is 2.06 bits per heavy atom. The summed E-state index contributed by atoms with van der Waals surface area (Å²) in [6.45, 7) is 0. The Morgan fingerprint density at radius 3 is 2.59 bits per heavy atom. The van der Waals surface area contributed by atoms with Crippen LogP contribution in [-0.2, 0) is 12.1 Å². The number of rotatable bonds is 2. The van der Waals surface area contributed by atoms with Crippen LogP contribution < -0.4 is 0 Å². The lowest BCUT2D eigenvalue weighted by Gasteiger charge is -2.05. The number of halogens is 4. The zero-order valence-corrected chi connectivity index (χ0v) is 9.09. The van der Waals surface area contributed by atoms with Crippen molar-refractivity contribution in [3.05, 3.63) is 35.9 Å². The van der Waals surface area contributed by atoms with E-state index in [0.717, 1.165) is 12.3 Å². The highest BCUT2D eigenvalue weighted by molar-refractivity contribution is 6.17. The molecule has 0 aromatic carbocycles. The predicted molar refractivity (Wildman–Crippen MR) is 54.3 cm³/mol. The van der Waals surface area contributed by atoms with Crippen LogP contribution in [0.4, 0.5) is 13.2 Å². The number of alkyl halides is 4. The number of aromatic nitrogens is 2. The third-order valence-electron chi connectivity index (χ3n) is 2.11. The zero-order chi connectivity index (χ0) is 12.5. The van der Waals surface area contributed by atoms with Crippen molar-refractivity contribution in [2.24, 2.45) is 0 Å². The predicted octanol–water partition coefficient (Wildman–Crippen LogP) is 3.49. The summed E-state index contributed by atoms with van der Waals surface area (Å²) >= 11 is 5.63. The van der Waals surface area contributed by atoms with Crippen LogP contribution in [-0.4, -0.2) is 10.1 Å². The van der Waals surface area contributed by atoms with Crippen LogP contribution in [0.25, 0.3) is 11.3 Å². The second-order valence-corrected chi connectivity index (χ2v) is 3.52. The first-order valence-electron chi connectivity index (χ1n) is 4.55. The van der Waals surface area contributed by atoms with Crippen molar-refractivity contribution < 1.29 is 17.7 Å². The summed E-state index contributed by atoms with van der Waals surface area (Å²) in [5.74, 6) is 0.167. The summed E-state index contributed by atoms with van der Waals surface area (Å²) < 4.78 is 41.6. The fourth-order valence-corrected chi connectivity index (χ4v) is 1.48. The van der Waals surface area contributed by atoms with Gasteiger partial charge in [0.25, 0.3) is 0 Å². The van der Waals surface area contributed by atoms with Gasteiger partial charge in [-0.1, -0.05) is 5.16 Å². The van der Waals surface area contributed by atoms with Gasteiger partial charge in [0.2, 0.25) is 0 Å². The molecule has 0 amide bonds. The second kappa shape index (κ2) is 4.37. The van der Waals surface area contributed by atoms with Gasteiger partial charge in [-0.15, -0.1) is 11.6 Å². The molecule has 2 heterocycles. The van der Waals surface area contributed by atoms with Gasteiger partial charge >= 0.3 is 6.18 Å². The van der Waals surface area contributed by atoms with E-state index in [1.54, 1.807) is 0 Å². The molecule has 0 fully saturated rings. The standard InChI is InChI=1S/C10H6ClF3N2O/c11-3-7-5-17-16-9(7)6-1-2-8(15-4-6)10(12,13)14/h1-2,4-5H,3H2. The van der Waals surface area contributed by atoms with Gasteiger partial charge < -0.3 is 4.52 Å². The number of hydrogen-bond donors (Lipinski definition) is 0. The van der Waals surface area contributed by atoms with Crippen molar-refractivity contribution in [1.29, 1.82) is 0 Å². The van der Waals surface area contributed by atoms with Crippen LogP contribution in [0.3, 0.4) is 0 Å². The van der Waals surface area contributed by atoms with Crippen molar-refractivity contribution in [2.75, 3.05) is 0 Å². The van der Waals surface area contributed by atoms with E-state index in [1.165, 1.54) is 12.3 Å². The lowest BCUT2D eigenvalue weighted by molar-refractivity contribution is -0.141. The molecular formula is C10H6ClF3N2O. The maximum Gasteiger partial charge on any atom is 0.433 e. The molecule has 0 bridgehead atoms. The Balaban J connectivity index is 2.36. The molecule has 3 nitrogen and oxygen atoms in total. The lowest BCUT2D eigenvalue weighted by atomic mass is 10.1. The zero-order valence-electron chi connectivity index (χ0n) is 8.33. The molecule has 17 heavy (non-hydrogen) atoms. The van der Waals surface area contributed by atoms with Crippen molar-refractivity contribution in [3.8, 4) is 11.3 Å². The first-order chi connectivity index (χ1) is 8.02. The molecule has 7 heteroatoms. The van der Waals surface area contributed by atoms with Crippen molar-refractivity contribution in [1.82, 2.24) is 10.1 Å². The van der Waals surface area contributed by atoms with Crippen LogP contribution in [0.15, 0.2) is 29.1 Å². The van der Waals surface area contributed by atoms with Crippen molar-refractivity contribution in [2.45, 2.75) is 12.1 Å². The van der Waals surface area contributed by atoms with Crippen LogP contribution in [0, 0.1) is 0 Å². The Bertz CT molecular complexity index is 507. The molecule has 0 saturated carbocycles. The topological polar surface area (TPSA) is 38.9 Å². The molecule has 0 atom stereocenters. The number of pyridine rings is 1. The summed E-state index contributed by atoms with van der Waals surface area (Å²) in [5, 5.41) is 3.67. The Morgan fingerprint density at radius 1 is 1.29 bits per heavy atom. The maximum atomic E-state index is 12.3. The highest BCUT2D eigenvalue weighted by Gasteiger charge is 2.32. The van der Waals surface area contributed by atoms with E-state index in [4.69, 9.17) is 16.1 Å². The van der Waals surface area contributed by atoms with Crippen LogP contribution in [0.5, 0.6) is 0 Å². The van der Waals surface area contributed by atoms with E-state index in [9.17, 15) is 13.2 Å². The summed E-state index contributed by atoms with van der Waals surface area (Å²) in [4.78, 5) is 3.33. The smallest absolute Gasteiger partial charge is 0.364 e. The second-order valence-electron chi connectivity index (χ2n) is 3.25. The number of nitrogens with zero attached hydrogens (tertiary/aromatic N) is 2. The first kappa shape index (κ1) is 11.9. The van der Waals surface area contributed by atoms with E-state index < -0.39 is 11.9 Å². The largest absolute Gasteiger partial charge is 0.433 e. The highest BCUT2D eigenvalue weighted by atomic mass is 35.5. The molecule has 2 aromatic rings. The SMILES string of the molecule is FC(F)(F)c1ccc(-c2nocc2CCl)cn1. The van der Waals surface area contributed by atoms with E-state index >= 15 is 0 Å². The van der Waals surface area contributed by atoms with Gasteiger partial charge in [-0.05, 0) is 12.1 Å². The maximum absolute atomic E-state index is 12.3. The fourth-order valence-electron chi connectivity index (χ4n) is 1.29. The summed E-state index contributed by atoms with van der Waals surface area (Å²) in [6, 6.07) is 2.17. The summed E-state index contributed by atoms with van der Waals surface area (Å²) in [6.07, 6.45) is -2.01. The minimum atomic E-state index is -4.45. The lowest BCUT2D eigenvalue weighted by Crippen LogP contribution is -2.07. The summed E-state index contributed by atoms with van der Waals surface area (Å²) in [7, 11) is 0. The molecule has 0 radical (unpaired) electrons. The monoisotopic (exact) mass is 262 g/mol. The van der Waals surface area contributed by atoms with E-state index in [0.29, 0.717) is 16.8 Å². The third kappa shape index (κ3) is 2.41. The van der Waals surface area contributed by atoms with Crippen LogP contribution >= 0.6 is 11.6 Å². The van der Waals surface area contributed by atoms with Gasteiger partial charge in [-0.3, -0.25) is 4.98 Å². The molecule has 0 spiro atoms. The van der Waals surface area contributed by atoms with Crippen molar-refractivity contribution >= 4 is 11.6 Å². The molecule has 0 aliphatic rings. The van der Waals surface area contributed by atoms with Gasteiger partial charge in [0.15, 0.2) is 0 Å². The molecule has 2 aromatic heterocycles. The highest BCUT2D eigenvalue weighted by Crippen LogP contribution is 2.29. The van der Waals surface area contributed by atoms with E-state index in [-0.39, 0.29) is 5.88 Å². The molecule has 2 rings (SSSR count). The molecule has 0 aliphatic carbocycles. The minimum absolute atomic E-state index is 0.167. The quantitative estimate of drug-likeness (QED) is 0.778. The first-order valence-corrected chi connectivity index (χ1v) is 5.08. The third-order valence-corrected chi connectivity index (χ3v) is 2.40. The van der Waals surface area contributed by atoms with E-state index in [1.807, 2.05) is 0 Å². The van der Waals surface area contributed by atoms with Crippen molar-refractivity contribution in [3.63, 3.8) is 0 Å². The average molecular weight is 263 g/mol. The van der Waals surface area contributed by atoms with E-state index in [2.05, 4.69) is 10.1 Å². The molecule has 0 N–H and O–H groups in total. The minimum Gasteiger partial charge on any atom is -0.364 e. The van der Waals surface area contributed by atoms with Gasteiger partial charge in [-0.25, -0.2) is 0 Å². The Labute approximate surface area is 99.2 Å². The Kier molecular flexibility index (Phi) is 3.06. The molecule has 90 valence electrons. The van der Waals surface area contributed by atoms with Gasteiger partial charge in [0.1, 0.15) is 17.7 Å². The molecular weight excluding hydrogens is 257 g/mol. The molecule has 0 unspecified atom stereocenters. The van der Waals surface area contributed by atoms with Gasteiger partial charge in [0.05, 0.1) is 5.88 Å². The fraction of sp³-hybridized carbons (Fsp3) is 0.200. The molecule has 0 saturated heterocycles. The average Bonchev–Trinajstić information content (AvgIpc) is 2.76. The normalized spacial score (nSPS) is 11.8.